The number of benzene rings is 1. The first-order valence-corrected chi connectivity index (χ1v) is 7.38. The first-order chi connectivity index (χ1) is 10.0. The molecule has 1 amide bonds. The van der Waals surface area contributed by atoms with Gasteiger partial charge in [0, 0.05) is 18.2 Å². The molecule has 2 rings (SSSR count). The van der Waals surface area contributed by atoms with Crippen LogP contribution in [0.5, 0.6) is 0 Å². The van der Waals surface area contributed by atoms with E-state index in [0.29, 0.717) is 5.56 Å². The van der Waals surface area contributed by atoms with Crippen molar-refractivity contribution in [1.29, 1.82) is 0 Å². The number of carbonyl (C=O) groups excluding carboxylic acids is 1. The maximum Gasteiger partial charge on any atom is 0.323 e. The average molecular weight is 290 g/mol. The molecule has 0 aliphatic carbocycles. The quantitative estimate of drug-likeness (QED) is 0.865. The van der Waals surface area contributed by atoms with Gasteiger partial charge >= 0.3 is 5.97 Å². The van der Waals surface area contributed by atoms with E-state index >= 15 is 0 Å². The van der Waals surface area contributed by atoms with E-state index in [-0.39, 0.29) is 18.5 Å². The fraction of sp³-hybridized carbons (Fsp3) is 0.500. The molecule has 2 N–H and O–H groups in total. The Balaban J connectivity index is 2.34. The fourth-order valence-corrected chi connectivity index (χ4v) is 2.68. The Morgan fingerprint density at radius 3 is 2.86 bits per heavy atom. The molecule has 5 nitrogen and oxygen atoms in total. The van der Waals surface area contributed by atoms with E-state index in [1.165, 1.54) is 4.90 Å². The van der Waals surface area contributed by atoms with E-state index in [1.807, 2.05) is 32.0 Å². The van der Waals surface area contributed by atoms with E-state index in [9.17, 15) is 9.59 Å². The van der Waals surface area contributed by atoms with Gasteiger partial charge < -0.3 is 15.3 Å². The third kappa shape index (κ3) is 3.42. The number of amides is 1. The van der Waals surface area contributed by atoms with Gasteiger partial charge in [-0.1, -0.05) is 19.1 Å². The minimum atomic E-state index is -0.977. The molecule has 5 heteroatoms. The third-order valence-electron chi connectivity index (χ3n) is 4.06. The van der Waals surface area contributed by atoms with E-state index in [4.69, 9.17) is 5.11 Å². The number of nitrogens with one attached hydrogen (secondary N) is 1. The zero-order chi connectivity index (χ0) is 15.4. The molecule has 1 heterocycles. The third-order valence-corrected chi connectivity index (χ3v) is 4.06. The average Bonchev–Trinajstić information content (AvgIpc) is 2.50. The molecular weight excluding hydrogens is 268 g/mol. The Hall–Kier alpha value is -1.88. The zero-order valence-electron chi connectivity index (χ0n) is 12.6. The molecule has 1 aromatic carbocycles. The van der Waals surface area contributed by atoms with Gasteiger partial charge in [-0.05, 0) is 43.5 Å². The first kappa shape index (κ1) is 15.5. The van der Waals surface area contributed by atoms with Crippen LogP contribution in [-0.2, 0) is 17.8 Å². The van der Waals surface area contributed by atoms with E-state index < -0.39 is 5.97 Å². The number of hydrogen-bond acceptors (Lipinski definition) is 3. The zero-order valence-corrected chi connectivity index (χ0v) is 12.6. The highest BCUT2D eigenvalue weighted by molar-refractivity contribution is 5.97. The Bertz CT molecular complexity index is 542. The number of carbonyl (C=O) groups is 2. The molecule has 0 saturated heterocycles. The highest BCUT2D eigenvalue weighted by atomic mass is 16.4. The Morgan fingerprint density at radius 2 is 2.19 bits per heavy atom. The summed E-state index contributed by atoms with van der Waals surface area (Å²) in [6.45, 7) is 5.20. The van der Waals surface area contributed by atoms with Crippen LogP contribution in [0.3, 0.4) is 0 Å². The van der Waals surface area contributed by atoms with Crippen LogP contribution in [0.4, 0.5) is 0 Å². The smallest absolute Gasteiger partial charge is 0.323 e. The Labute approximate surface area is 125 Å². The van der Waals surface area contributed by atoms with Gasteiger partial charge in [-0.2, -0.15) is 0 Å². The predicted molar refractivity (Wildman–Crippen MR) is 80.3 cm³/mol. The number of nitrogens with zero attached hydrogens (tertiary/aromatic N) is 1. The van der Waals surface area contributed by atoms with E-state index in [0.717, 1.165) is 37.1 Å². The molecule has 1 atom stereocenters. The molecule has 0 spiro atoms. The lowest BCUT2D eigenvalue weighted by Gasteiger charge is -2.29. The number of rotatable bonds is 5. The van der Waals surface area contributed by atoms with Gasteiger partial charge in [0.05, 0.1) is 0 Å². The maximum absolute atomic E-state index is 12.8. The molecule has 0 fully saturated rings. The number of carboxylic acids is 1. The normalized spacial score (nSPS) is 15.1. The van der Waals surface area contributed by atoms with Gasteiger partial charge in [-0.15, -0.1) is 0 Å². The molecule has 0 radical (unpaired) electrons. The largest absolute Gasteiger partial charge is 0.480 e. The van der Waals surface area contributed by atoms with Crippen molar-refractivity contribution in [2.45, 2.75) is 39.3 Å². The summed E-state index contributed by atoms with van der Waals surface area (Å²) in [6.07, 6.45) is 1.54. The van der Waals surface area contributed by atoms with Gasteiger partial charge in [0.25, 0.3) is 5.91 Å². The molecule has 0 aromatic heterocycles. The van der Waals surface area contributed by atoms with Crippen molar-refractivity contribution in [3.63, 3.8) is 0 Å². The number of aliphatic carboxylic acids is 1. The van der Waals surface area contributed by atoms with Crippen molar-refractivity contribution in [1.82, 2.24) is 10.2 Å². The summed E-state index contributed by atoms with van der Waals surface area (Å²) in [7, 11) is 0. The minimum absolute atomic E-state index is 0.0915. The van der Waals surface area contributed by atoms with Crippen LogP contribution in [0.2, 0.25) is 0 Å². The topological polar surface area (TPSA) is 69.6 Å². The molecule has 21 heavy (non-hydrogen) atoms. The fourth-order valence-electron chi connectivity index (χ4n) is 2.68. The van der Waals surface area contributed by atoms with E-state index in [2.05, 4.69) is 5.32 Å². The highest BCUT2D eigenvalue weighted by Gasteiger charge is 2.26. The molecule has 1 aliphatic heterocycles. The van der Waals surface area contributed by atoms with Crippen LogP contribution in [-0.4, -0.2) is 41.0 Å². The van der Waals surface area contributed by atoms with Crippen LogP contribution in [0, 0.1) is 0 Å². The van der Waals surface area contributed by atoms with E-state index in [1.54, 1.807) is 0 Å². The molecule has 1 aliphatic rings. The number of fused-ring (bicyclic) bond motifs is 1. The van der Waals surface area contributed by atoms with Crippen LogP contribution in [0.1, 0.15) is 41.8 Å². The molecule has 114 valence electrons. The van der Waals surface area contributed by atoms with Gasteiger partial charge in [0.1, 0.15) is 6.54 Å². The van der Waals surface area contributed by atoms with Crippen molar-refractivity contribution in [2.24, 2.45) is 0 Å². The monoisotopic (exact) mass is 290 g/mol. The summed E-state index contributed by atoms with van der Waals surface area (Å²) in [5, 5.41) is 12.3. The van der Waals surface area contributed by atoms with Crippen LogP contribution in [0.25, 0.3) is 0 Å². The van der Waals surface area contributed by atoms with Gasteiger partial charge in [-0.3, -0.25) is 9.59 Å². The summed E-state index contributed by atoms with van der Waals surface area (Å²) in [6, 6.07) is 5.60. The van der Waals surface area contributed by atoms with Crippen molar-refractivity contribution in [3.05, 3.63) is 34.9 Å². The summed E-state index contributed by atoms with van der Waals surface area (Å²) in [4.78, 5) is 25.3. The predicted octanol–water partition coefficient (Wildman–Crippen LogP) is 1.66. The van der Waals surface area contributed by atoms with Crippen LogP contribution in [0.15, 0.2) is 18.2 Å². The van der Waals surface area contributed by atoms with Crippen molar-refractivity contribution in [3.8, 4) is 0 Å². The second-order valence-electron chi connectivity index (χ2n) is 5.45. The lowest BCUT2D eigenvalue weighted by atomic mass is 9.94. The van der Waals surface area contributed by atoms with Crippen molar-refractivity contribution < 1.29 is 14.7 Å². The second-order valence-corrected chi connectivity index (χ2v) is 5.45. The lowest BCUT2D eigenvalue weighted by Crippen LogP contribution is -2.42. The summed E-state index contributed by atoms with van der Waals surface area (Å²) in [5.41, 5.74) is 2.84. The summed E-state index contributed by atoms with van der Waals surface area (Å²) >= 11 is 0. The van der Waals surface area contributed by atoms with Gasteiger partial charge in [0.2, 0.25) is 0 Å². The highest BCUT2D eigenvalue weighted by Crippen LogP contribution is 2.21. The molecule has 0 saturated carbocycles. The summed E-state index contributed by atoms with van der Waals surface area (Å²) < 4.78 is 0. The minimum Gasteiger partial charge on any atom is -0.480 e. The van der Waals surface area contributed by atoms with Crippen molar-refractivity contribution in [2.75, 3.05) is 13.1 Å². The van der Waals surface area contributed by atoms with Gasteiger partial charge in [-0.25, -0.2) is 0 Å². The SMILES string of the molecule is CCC(C)N(CC(=O)O)C(=O)c1cccc2c1CCNC2. The molecule has 1 unspecified atom stereocenters. The molecule has 0 bridgehead atoms. The second kappa shape index (κ2) is 6.72. The van der Waals surface area contributed by atoms with Crippen LogP contribution < -0.4 is 5.32 Å². The number of carboxylic acid groups (broad SMARTS) is 1. The Kier molecular flexibility index (Phi) is 4.96. The van der Waals surface area contributed by atoms with Crippen molar-refractivity contribution >= 4 is 11.9 Å². The maximum atomic E-state index is 12.8. The Morgan fingerprint density at radius 1 is 1.43 bits per heavy atom. The first-order valence-electron chi connectivity index (χ1n) is 7.38. The molecular formula is C16H22N2O3. The summed E-state index contributed by atoms with van der Waals surface area (Å²) in [5.74, 6) is -1.15. The lowest BCUT2D eigenvalue weighted by molar-refractivity contribution is -0.138. The van der Waals surface area contributed by atoms with Gasteiger partial charge in [0.15, 0.2) is 0 Å². The number of hydrogen-bond donors (Lipinski definition) is 2. The standard InChI is InChI=1S/C16H22N2O3/c1-3-11(2)18(10-15(19)20)16(21)14-6-4-5-12-9-17-8-7-13(12)14/h4-6,11,17H,3,7-10H2,1-2H3,(H,19,20). The molecule has 1 aromatic rings. The van der Waals surface area contributed by atoms with Crippen LogP contribution >= 0.6 is 0 Å².